The Morgan fingerprint density at radius 3 is 2.67 bits per heavy atom. The molecule has 2 rings (SSSR count). The molecule has 0 spiro atoms. The normalized spacial score (nSPS) is 25.7. The number of rotatable bonds is 4. The number of esters is 1. The average molecular weight is 289 g/mol. The van der Waals surface area contributed by atoms with E-state index < -0.39 is 0 Å². The van der Waals surface area contributed by atoms with Crippen molar-refractivity contribution in [3.63, 3.8) is 0 Å². The molecule has 1 aromatic carbocycles. The Balaban J connectivity index is 2.12. The molecule has 3 heteroatoms. The third-order valence-corrected chi connectivity index (χ3v) is 4.64. The van der Waals surface area contributed by atoms with Crippen LogP contribution in [-0.2, 0) is 4.74 Å². The van der Waals surface area contributed by atoms with Crippen LogP contribution in [-0.4, -0.2) is 19.1 Å². The first kappa shape index (κ1) is 15.9. The van der Waals surface area contributed by atoms with Crippen LogP contribution in [0.2, 0.25) is 0 Å². The molecule has 21 heavy (non-hydrogen) atoms. The molecule has 1 aliphatic rings. The van der Waals surface area contributed by atoms with Gasteiger partial charge < -0.3 is 10.1 Å². The fourth-order valence-electron chi connectivity index (χ4n) is 3.33. The number of anilines is 1. The van der Waals surface area contributed by atoms with Gasteiger partial charge in [0, 0.05) is 12.7 Å². The Bertz CT molecular complexity index is 484. The van der Waals surface area contributed by atoms with Crippen LogP contribution in [0.5, 0.6) is 0 Å². The Morgan fingerprint density at radius 1 is 1.29 bits per heavy atom. The number of nitrogens with one attached hydrogen (secondary N) is 1. The van der Waals surface area contributed by atoms with Crippen LogP contribution in [0, 0.1) is 17.8 Å². The van der Waals surface area contributed by atoms with Gasteiger partial charge in [-0.15, -0.1) is 0 Å². The van der Waals surface area contributed by atoms with E-state index >= 15 is 0 Å². The van der Waals surface area contributed by atoms with Crippen LogP contribution in [0.1, 0.15) is 50.4 Å². The summed E-state index contributed by atoms with van der Waals surface area (Å²) in [6.45, 7) is 6.70. The predicted octanol–water partition coefficient (Wildman–Crippen LogP) is 4.35. The molecule has 1 N–H and O–H groups in total. The van der Waals surface area contributed by atoms with E-state index in [2.05, 4.69) is 26.1 Å². The fourth-order valence-corrected chi connectivity index (χ4v) is 3.33. The van der Waals surface area contributed by atoms with Crippen molar-refractivity contribution in [2.75, 3.05) is 12.4 Å². The minimum absolute atomic E-state index is 0.0474. The fraction of sp³-hybridized carbons (Fsp3) is 0.611. The van der Waals surface area contributed by atoms with Gasteiger partial charge in [0.1, 0.15) is 6.10 Å². The maximum Gasteiger partial charge on any atom is 0.340 e. The van der Waals surface area contributed by atoms with E-state index in [0.717, 1.165) is 18.5 Å². The molecule has 0 heterocycles. The lowest BCUT2D eigenvalue weighted by Crippen LogP contribution is -2.36. The molecular weight excluding hydrogens is 262 g/mol. The standard InChI is InChI=1S/C18H27NO2/c1-12(2)14-10-9-13(3)11-17(14)21-18(20)15-7-5-6-8-16(15)19-4/h5-8,12-14,17,19H,9-11H2,1-4H3/t13-,14+,17-/m1/s1. The number of benzene rings is 1. The minimum Gasteiger partial charge on any atom is -0.458 e. The summed E-state index contributed by atoms with van der Waals surface area (Å²) in [6, 6.07) is 7.52. The van der Waals surface area contributed by atoms with Gasteiger partial charge in [0.05, 0.1) is 5.56 Å². The summed E-state index contributed by atoms with van der Waals surface area (Å²) in [4.78, 5) is 12.5. The van der Waals surface area contributed by atoms with Gasteiger partial charge in [0.25, 0.3) is 0 Å². The maximum atomic E-state index is 12.5. The second-order valence-electron chi connectivity index (χ2n) is 6.57. The van der Waals surface area contributed by atoms with Gasteiger partial charge in [-0.3, -0.25) is 0 Å². The SMILES string of the molecule is CNc1ccccc1C(=O)O[C@@H]1C[C@H](C)CC[C@H]1C(C)C. The van der Waals surface area contributed by atoms with Gasteiger partial charge in [0.15, 0.2) is 0 Å². The number of para-hydroxylation sites is 1. The Morgan fingerprint density at radius 2 is 2.00 bits per heavy atom. The molecule has 3 nitrogen and oxygen atoms in total. The highest BCUT2D eigenvalue weighted by atomic mass is 16.5. The summed E-state index contributed by atoms with van der Waals surface area (Å²) in [7, 11) is 1.83. The summed E-state index contributed by atoms with van der Waals surface area (Å²) in [5.41, 5.74) is 1.45. The largest absolute Gasteiger partial charge is 0.458 e. The summed E-state index contributed by atoms with van der Waals surface area (Å²) in [5, 5.41) is 3.06. The number of carbonyl (C=O) groups is 1. The molecular formula is C18H27NO2. The van der Waals surface area contributed by atoms with Crippen LogP contribution >= 0.6 is 0 Å². The van der Waals surface area contributed by atoms with E-state index in [-0.39, 0.29) is 12.1 Å². The molecule has 0 saturated heterocycles. The van der Waals surface area contributed by atoms with Crippen molar-refractivity contribution in [2.24, 2.45) is 17.8 Å². The second-order valence-corrected chi connectivity index (χ2v) is 6.57. The van der Waals surface area contributed by atoms with Gasteiger partial charge in [-0.05, 0) is 42.7 Å². The Hall–Kier alpha value is -1.51. The first-order valence-corrected chi connectivity index (χ1v) is 8.00. The maximum absolute atomic E-state index is 12.5. The van der Waals surface area contributed by atoms with Crippen molar-refractivity contribution in [2.45, 2.75) is 46.1 Å². The lowest BCUT2D eigenvalue weighted by molar-refractivity contribution is -0.0173. The molecule has 1 saturated carbocycles. The zero-order valence-electron chi connectivity index (χ0n) is 13.6. The molecule has 0 aromatic heterocycles. The van der Waals surface area contributed by atoms with Crippen LogP contribution in [0.3, 0.4) is 0 Å². The van der Waals surface area contributed by atoms with Gasteiger partial charge in [-0.25, -0.2) is 4.79 Å². The van der Waals surface area contributed by atoms with Crippen molar-refractivity contribution in [1.82, 2.24) is 0 Å². The highest BCUT2D eigenvalue weighted by molar-refractivity contribution is 5.95. The van der Waals surface area contributed by atoms with E-state index in [1.165, 1.54) is 6.42 Å². The molecule has 3 atom stereocenters. The number of carbonyl (C=O) groups excluding carboxylic acids is 1. The van der Waals surface area contributed by atoms with Gasteiger partial charge in [-0.2, -0.15) is 0 Å². The van der Waals surface area contributed by atoms with Crippen molar-refractivity contribution in [1.29, 1.82) is 0 Å². The smallest absolute Gasteiger partial charge is 0.340 e. The number of hydrogen-bond donors (Lipinski definition) is 1. The van der Waals surface area contributed by atoms with Crippen molar-refractivity contribution in [3.05, 3.63) is 29.8 Å². The van der Waals surface area contributed by atoms with Crippen molar-refractivity contribution < 1.29 is 9.53 Å². The Kier molecular flexibility index (Phi) is 5.27. The molecule has 0 aliphatic heterocycles. The monoisotopic (exact) mass is 289 g/mol. The molecule has 1 aromatic rings. The van der Waals surface area contributed by atoms with Gasteiger partial charge >= 0.3 is 5.97 Å². The topological polar surface area (TPSA) is 38.3 Å². The quantitative estimate of drug-likeness (QED) is 0.838. The number of ether oxygens (including phenoxy) is 1. The van der Waals surface area contributed by atoms with E-state index in [1.54, 1.807) is 0 Å². The number of hydrogen-bond acceptors (Lipinski definition) is 3. The Labute approximate surface area is 128 Å². The molecule has 0 radical (unpaired) electrons. The molecule has 0 bridgehead atoms. The van der Waals surface area contributed by atoms with Crippen molar-refractivity contribution in [3.8, 4) is 0 Å². The third-order valence-electron chi connectivity index (χ3n) is 4.64. The average Bonchev–Trinajstić information content (AvgIpc) is 2.46. The molecule has 0 unspecified atom stereocenters. The van der Waals surface area contributed by atoms with Crippen LogP contribution < -0.4 is 5.32 Å². The third kappa shape index (κ3) is 3.78. The summed E-state index contributed by atoms with van der Waals surface area (Å²) in [5.74, 6) is 1.46. The summed E-state index contributed by atoms with van der Waals surface area (Å²) >= 11 is 0. The first-order chi connectivity index (χ1) is 10.0. The second kappa shape index (κ2) is 6.97. The zero-order valence-corrected chi connectivity index (χ0v) is 13.6. The zero-order chi connectivity index (χ0) is 15.4. The van der Waals surface area contributed by atoms with Crippen LogP contribution in [0.4, 0.5) is 5.69 Å². The van der Waals surface area contributed by atoms with Gasteiger partial charge in [0.2, 0.25) is 0 Å². The highest BCUT2D eigenvalue weighted by Gasteiger charge is 2.33. The molecule has 1 fully saturated rings. The van der Waals surface area contributed by atoms with Gasteiger partial charge in [-0.1, -0.05) is 39.3 Å². The molecule has 116 valence electrons. The minimum atomic E-state index is -0.204. The van der Waals surface area contributed by atoms with Crippen molar-refractivity contribution >= 4 is 11.7 Å². The van der Waals surface area contributed by atoms with E-state index in [0.29, 0.717) is 23.3 Å². The summed E-state index contributed by atoms with van der Waals surface area (Å²) in [6.07, 6.45) is 3.43. The van der Waals surface area contributed by atoms with E-state index in [1.807, 2.05) is 31.3 Å². The lowest BCUT2D eigenvalue weighted by atomic mass is 9.75. The van der Waals surface area contributed by atoms with Crippen LogP contribution in [0.25, 0.3) is 0 Å². The lowest BCUT2D eigenvalue weighted by Gasteiger charge is -2.36. The van der Waals surface area contributed by atoms with E-state index in [4.69, 9.17) is 4.74 Å². The summed E-state index contributed by atoms with van der Waals surface area (Å²) < 4.78 is 5.89. The molecule has 0 amide bonds. The first-order valence-electron chi connectivity index (χ1n) is 8.00. The van der Waals surface area contributed by atoms with E-state index in [9.17, 15) is 4.79 Å². The highest BCUT2D eigenvalue weighted by Crippen LogP contribution is 2.36. The predicted molar refractivity (Wildman–Crippen MR) is 86.5 cm³/mol. The van der Waals surface area contributed by atoms with Crippen LogP contribution in [0.15, 0.2) is 24.3 Å². The molecule has 1 aliphatic carbocycles.